The smallest absolute Gasteiger partial charge is 0.340 e. The van der Waals surface area contributed by atoms with E-state index in [9.17, 15) is 4.79 Å². The lowest BCUT2D eigenvalue weighted by atomic mass is 10.3. The minimum Gasteiger partial charge on any atom is -0.465 e. The van der Waals surface area contributed by atoms with Crippen molar-refractivity contribution in [1.82, 2.24) is 15.1 Å². The van der Waals surface area contributed by atoms with Gasteiger partial charge in [-0.2, -0.15) is 5.10 Å². The summed E-state index contributed by atoms with van der Waals surface area (Å²) in [7, 11) is 1.36. The van der Waals surface area contributed by atoms with Gasteiger partial charge in [0.2, 0.25) is 0 Å². The number of thiocarbonyl (C=S) groups is 1. The maximum atomic E-state index is 11.7. The predicted octanol–water partition coefficient (Wildman–Crippen LogP) is 2.55. The van der Waals surface area contributed by atoms with Gasteiger partial charge in [0.15, 0.2) is 5.11 Å². The van der Waals surface area contributed by atoms with Crippen LogP contribution in [0.4, 0.5) is 5.00 Å². The van der Waals surface area contributed by atoms with Crippen molar-refractivity contribution < 1.29 is 9.53 Å². The fourth-order valence-corrected chi connectivity index (χ4v) is 3.01. The van der Waals surface area contributed by atoms with E-state index in [2.05, 4.69) is 15.7 Å². The fraction of sp³-hybridized carbons (Fsp3) is 0.357. The monoisotopic (exact) mass is 338 g/mol. The maximum absolute atomic E-state index is 11.7. The van der Waals surface area contributed by atoms with E-state index < -0.39 is 0 Å². The normalized spacial score (nSPS) is 10.3. The summed E-state index contributed by atoms with van der Waals surface area (Å²) in [5, 5.41) is 11.5. The average molecular weight is 338 g/mol. The lowest BCUT2D eigenvalue weighted by Gasteiger charge is -2.09. The number of hydrogen-bond donors (Lipinski definition) is 2. The molecule has 8 heteroatoms. The second-order valence-corrected chi connectivity index (χ2v) is 6.27. The molecule has 22 heavy (non-hydrogen) atoms. The van der Waals surface area contributed by atoms with Crippen LogP contribution in [0.2, 0.25) is 0 Å². The highest BCUT2D eigenvalue weighted by Crippen LogP contribution is 2.28. The van der Waals surface area contributed by atoms with E-state index in [0.29, 0.717) is 22.2 Å². The average Bonchev–Trinajstić information content (AvgIpc) is 3.10. The van der Waals surface area contributed by atoms with E-state index >= 15 is 0 Å². The Labute approximate surface area is 138 Å². The van der Waals surface area contributed by atoms with Crippen molar-refractivity contribution >= 4 is 39.6 Å². The Morgan fingerprint density at radius 1 is 1.55 bits per heavy atom. The molecule has 0 spiro atoms. The van der Waals surface area contributed by atoms with Gasteiger partial charge in [-0.3, -0.25) is 4.68 Å². The van der Waals surface area contributed by atoms with Crippen LogP contribution in [-0.2, 0) is 17.8 Å². The molecule has 2 aromatic rings. The quantitative estimate of drug-likeness (QED) is 0.645. The van der Waals surface area contributed by atoms with Crippen molar-refractivity contribution in [2.75, 3.05) is 12.4 Å². The van der Waals surface area contributed by atoms with Gasteiger partial charge in [0.1, 0.15) is 5.00 Å². The molecule has 2 N–H and O–H groups in total. The molecule has 118 valence electrons. The molecule has 2 rings (SSSR count). The number of methoxy groups -OCH3 is 1. The van der Waals surface area contributed by atoms with Crippen LogP contribution in [-0.4, -0.2) is 28.0 Å². The zero-order chi connectivity index (χ0) is 16.1. The molecule has 2 aromatic heterocycles. The first-order chi connectivity index (χ1) is 10.5. The second kappa shape index (κ2) is 7.37. The van der Waals surface area contributed by atoms with E-state index in [1.165, 1.54) is 18.4 Å². The topological polar surface area (TPSA) is 68.2 Å². The van der Waals surface area contributed by atoms with Crippen LogP contribution >= 0.6 is 23.6 Å². The van der Waals surface area contributed by atoms with Gasteiger partial charge in [-0.15, -0.1) is 11.3 Å². The van der Waals surface area contributed by atoms with Crippen molar-refractivity contribution in [3.05, 3.63) is 34.5 Å². The van der Waals surface area contributed by atoms with Gasteiger partial charge in [-0.05, 0) is 32.1 Å². The summed E-state index contributed by atoms with van der Waals surface area (Å²) in [5.41, 5.74) is 1.54. The lowest BCUT2D eigenvalue weighted by molar-refractivity contribution is 0.0602. The number of rotatable bonds is 5. The Balaban J connectivity index is 1.96. The minimum atomic E-state index is -0.376. The number of esters is 1. The molecular formula is C14H18N4O2S2. The van der Waals surface area contributed by atoms with E-state index in [-0.39, 0.29) is 5.97 Å². The summed E-state index contributed by atoms with van der Waals surface area (Å²) in [6.45, 7) is 5.37. The highest BCUT2D eigenvalue weighted by Gasteiger charge is 2.16. The molecule has 6 nitrogen and oxygen atoms in total. The molecule has 0 aromatic carbocycles. The van der Waals surface area contributed by atoms with Crippen LogP contribution in [0.3, 0.4) is 0 Å². The maximum Gasteiger partial charge on any atom is 0.340 e. The van der Waals surface area contributed by atoms with E-state index in [0.717, 1.165) is 17.0 Å². The molecule has 0 saturated heterocycles. The Morgan fingerprint density at radius 3 is 2.95 bits per heavy atom. The summed E-state index contributed by atoms with van der Waals surface area (Å²) in [5.74, 6) is -0.376. The number of carbonyl (C=O) groups excluding carboxylic acids is 1. The highest BCUT2D eigenvalue weighted by molar-refractivity contribution is 7.80. The van der Waals surface area contributed by atoms with E-state index in [1.54, 1.807) is 12.3 Å². The van der Waals surface area contributed by atoms with Gasteiger partial charge in [0.25, 0.3) is 0 Å². The number of carbonyl (C=O) groups is 1. The van der Waals surface area contributed by atoms with Crippen LogP contribution in [0.5, 0.6) is 0 Å². The van der Waals surface area contributed by atoms with Crippen LogP contribution in [0, 0.1) is 6.92 Å². The number of aromatic nitrogens is 2. The van der Waals surface area contributed by atoms with Gasteiger partial charge in [-0.25, -0.2) is 4.79 Å². The molecule has 0 fully saturated rings. The van der Waals surface area contributed by atoms with Crippen molar-refractivity contribution in [2.24, 2.45) is 0 Å². The largest absolute Gasteiger partial charge is 0.465 e. The molecule has 0 atom stereocenters. The third kappa shape index (κ3) is 4.05. The van der Waals surface area contributed by atoms with Crippen LogP contribution in [0.25, 0.3) is 0 Å². The van der Waals surface area contributed by atoms with Gasteiger partial charge < -0.3 is 15.4 Å². The van der Waals surface area contributed by atoms with E-state index in [1.807, 2.05) is 24.7 Å². The Kier molecular flexibility index (Phi) is 5.51. The number of nitrogens with zero attached hydrogens (tertiary/aromatic N) is 2. The van der Waals surface area contributed by atoms with Gasteiger partial charge >= 0.3 is 5.97 Å². The summed E-state index contributed by atoms with van der Waals surface area (Å²) >= 11 is 6.73. The second-order valence-electron chi connectivity index (χ2n) is 4.60. The SMILES string of the molecule is CCn1cc(CNC(=S)Nc2sc(C)cc2C(=O)OC)cn1. The van der Waals surface area contributed by atoms with E-state index in [4.69, 9.17) is 17.0 Å². The van der Waals surface area contributed by atoms with Crippen molar-refractivity contribution in [3.8, 4) is 0 Å². The zero-order valence-corrected chi connectivity index (χ0v) is 14.3. The molecule has 0 aliphatic heterocycles. The molecular weight excluding hydrogens is 320 g/mol. The Hall–Kier alpha value is -1.93. The standard InChI is InChI=1S/C14H18N4O2S2/c1-4-18-8-10(7-16-18)6-15-14(21)17-12-11(13(19)20-3)5-9(2)22-12/h5,7-8H,4,6H2,1-3H3,(H2,15,17,21). The number of aryl methyl sites for hydroxylation is 2. The number of nitrogens with one attached hydrogen (secondary N) is 2. The third-order valence-corrected chi connectivity index (χ3v) is 4.16. The van der Waals surface area contributed by atoms with Crippen LogP contribution < -0.4 is 10.6 Å². The Bertz CT molecular complexity index is 678. The molecule has 0 bridgehead atoms. The van der Waals surface area contributed by atoms with Crippen LogP contribution in [0.1, 0.15) is 27.7 Å². The van der Waals surface area contributed by atoms with Crippen molar-refractivity contribution in [1.29, 1.82) is 0 Å². The number of thiophene rings is 1. The molecule has 0 unspecified atom stereocenters. The minimum absolute atomic E-state index is 0.376. The molecule has 0 amide bonds. The van der Waals surface area contributed by atoms with Gasteiger partial charge in [0.05, 0.1) is 18.9 Å². The first-order valence-corrected chi connectivity index (χ1v) is 8.01. The number of anilines is 1. The zero-order valence-electron chi connectivity index (χ0n) is 12.7. The lowest BCUT2D eigenvalue weighted by Crippen LogP contribution is -2.28. The summed E-state index contributed by atoms with van der Waals surface area (Å²) in [6, 6.07) is 1.78. The number of ether oxygens (including phenoxy) is 1. The van der Waals surface area contributed by atoms with Gasteiger partial charge in [-0.1, -0.05) is 0 Å². The number of hydrogen-bond acceptors (Lipinski definition) is 5. The first kappa shape index (κ1) is 16.4. The van der Waals surface area contributed by atoms with Crippen molar-refractivity contribution in [3.63, 3.8) is 0 Å². The summed E-state index contributed by atoms with van der Waals surface area (Å²) in [4.78, 5) is 12.7. The molecule has 0 radical (unpaired) electrons. The Morgan fingerprint density at radius 2 is 2.32 bits per heavy atom. The highest BCUT2D eigenvalue weighted by atomic mass is 32.1. The predicted molar refractivity (Wildman–Crippen MR) is 91.4 cm³/mol. The summed E-state index contributed by atoms with van der Waals surface area (Å²) < 4.78 is 6.62. The first-order valence-electron chi connectivity index (χ1n) is 6.78. The van der Waals surface area contributed by atoms with Crippen LogP contribution in [0.15, 0.2) is 18.5 Å². The molecule has 0 aliphatic carbocycles. The summed E-state index contributed by atoms with van der Waals surface area (Å²) in [6.07, 6.45) is 3.76. The van der Waals surface area contributed by atoms with Gasteiger partial charge in [0, 0.05) is 29.7 Å². The van der Waals surface area contributed by atoms with Crippen molar-refractivity contribution in [2.45, 2.75) is 26.9 Å². The fourth-order valence-electron chi connectivity index (χ4n) is 1.87. The molecule has 2 heterocycles. The molecule has 0 saturated carbocycles. The third-order valence-electron chi connectivity index (χ3n) is 2.95. The molecule has 0 aliphatic rings.